The number of hydrogen-bond acceptors (Lipinski definition) is 6. The molecule has 0 saturated heterocycles. The lowest BCUT2D eigenvalue weighted by Crippen LogP contribution is -2.19. The first-order chi connectivity index (χ1) is 15.8. The third-order valence-electron chi connectivity index (χ3n) is 5.57. The Morgan fingerprint density at radius 3 is 2.48 bits per heavy atom. The van der Waals surface area contributed by atoms with Crippen molar-refractivity contribution in [3.8, 4) is 0 Å². The minimum atomic E-state index is -3.52. The van der Waals surface area contributed by atoms with Crippen LogP contribution in [-0.4, -0.2) is 45.9 Å². The Hall–Kier alpha value is -3.14. The fourth-order valence-electron chi connectivity index (χ4n) is 3.82. The van der Waals surface area contributed by atoms with E-state index in [1.165, 1.54) is 18.5 Å². The molecule has 0 aliphatic heterocycles. The van der Waals surface area contributed by atoms with E-state index in [1.54, 1.807) is 6.20 Å². The molecule has 2 N–H and O–H groups in total. The number of aromatic amines is 2. The minimum Gasteiger partial charge on any atom is -0.364 e. The minimum absolute atomic E-state index is 0.0443. The Balaban J connectivity index is 1.68. The van der Waals surface area contributed by atoms with Gasteiger partial charge in [0.25, 0.3) is 5.78 Å². The summed E-state index contributed by atoms with van der Waals surface area (Å²) in [5, 5.41) is 6.00. The molecule has 176 valence electrons. The quantitative estimate of drug-likeness (QED) is 0.220. The third kappa shape index (κ3) is 6.44. The summed E-state index contributed by atoms with van der Waals surface area (Å²) in [6.07, 6.45) is 6.59. The van der Waals surface area contributed by atoms with E-state index in [1.807, 2.05) is 6.07 Å². The number of rotatable bonds is 13. The summed E-state index contributed by atoms with van der Waals surface area (Å²) in [5.41, 5.74) is 1.57. The number of halogens is 1. The maximum absolute atomic E-state index is 13.1. The van der Waals surface area contributed by atoms with Gasteiger partial charge in [-0.15, -0.1) is 0 Å². The molecule has 0 spiro atoms. The van der Waals surface area contributed by atoms with Crippen molar-refractivity contribution >= 4 is 21.4 Å². The van der Waals surface area contributed by atoms with E-state index in [-0.39, 0.29) is 28.8 Å². The van der Waals surface area contributed by atoms with Gasteiger partial charge in [0, 0.05) is 11.9 Å². The second-order valence-electron chi connectivity index (χ2n) is 7.93. The van der Waals surface area contributed by atoms with E-state index in [2.05, 4.69) is 27.1 Å². The van der Waals surface area contributed by atoms with Crippen LogP contribution in [0.4, 0.5) is 4.39 Å². The molecule has 0 aliphatic carbocycles. The predicted octanol–water partition coefficient (Wildman–Crippen LogP) is 3.79. The Labute approximate surface area is 192 Å². The predicted molar refractivity (Wildman–Crippen MR) is 120 cm³/mol. The normalized spacial score (nSPS) is 12.5. The van der Waals surface area contributed by atoms with E-state index >= 15 is 0 Å². The van der Waals surface area contributed by atoms with E-state index in [0.717, 1.165) is 37.0 Å². The molecule has 0 bridgehead atoms. The van der Waals surface area contributed by atoms with Gasteiger partial charge in [-0.25, -0.2) is 17.8 Å². The van der Waals surface area contributed by atoms with Crippen molar-refractivity contribution in [1.29, 1.82) is 0 Å². The van der Waals surface area contributed by atoms with Gasteiger partial charge in [0.15, 0.2) is 15.7 Å². The van der Waals surface area contributed by atoms with Gasteiger partial charge in [-0.05, 0) is 61.1 Å². The van der Waals surface area contributed by atoms with Crippen molar-refractivity contribution in [2.45, 2.75) is 56.3 Å². The number of aromatic nitrogens is 4. The number of unbranched alkanes of at least 4 members (excludes halogenated alkanes) is 1. The monoisotopic (exact) mass is 474 g/mol. The number of benzene rings is 1. The topological polar surface area (TPSA) is 126 Å². The van der Waals surface area contributed by atoms with E-state index in [0.29, 0.717) is 18.5 Å². The summed E-state index contributed by atoms with van der Waals surface area (Å²) in [5.74, 6) is -1.93. The van der Waals surface area contributed by atoms with Crippen LogP contribution < -0.4 is 0 Å². The van der Waals surface area contributed by atoms with Gasteiger partial charge in [0.2, 0.25) is 5.78 Å². The highest BCUT2D eigenvalue weighted by Gasteiger charge is 2.24. The first-order valence-electron chi connectivity index (χ1n) is 10.9. The lowest BCUT2D eigenvalue weighted by Gasteiger charge is -2.18. The van der Waals surface area contributed by atoms with E-state index in [9.17, 15) is 22.4 Å². The summed E-state index contributed by atoms with van der Waals surface area (Å²) in [4.78, 5) is 31.6. The number of ketones is 2. The Bertz CT molecular complexity index is 1170. The highest BCUT2D eigenvalue weighted by atomic mass is 32.2. The van der Waals surface area contributed by atoms with E-state index in [4.69, 9.17) is 0 Å². The average molecular weight is 475 g/mol. The molecule has 0 fully saturated rings. The largest absolute Gasteiger partial charge is 0.364 e. The molecule has 2 heterocycles. The molecule has 8 nitrogen and oxygen atoms in total. The molecule has 3 aromatic rings. The number of carbonyl (C=O) groups is 2. The van der Waals surface area contributed by atoms with Gasteiger partial charge < -0.3 is 4.98 Å². The van der Waals surface area contributed by atoms with Gasteiger partial charge in [-0.1, -0.05) is 19.8 Å². The Kier molecular flexibility index (Phi) is 8.26. The highest BCUT2D eigenvalue weighted by Crippen LogP contribution is 2.30. The molecule has 10 heteroatoms. The Morgan fingerprint density at radius 1 is 1.09 bits per heavy atom. The zero-order valence-corrected chi connectivity index (χ0v) is 19.2. The van der Waals surface area contributed by atoms with Crippen LogP contribution in [0.1, 0.15) is 66.8 Å². The van der Waals surface area contributed by atoms with Crippen molar-refractivity contribution in [1.82, 2.24) is 20.2 Å². The van der Waals surface area contributed by atoms with Crippen LogP contribution in [-0.2, 0) is 21.1 Å². The highest BCUT2D eigenvalue weighted by molar-refractivity contribution is 7.91. The second-order valence-corrected chi connectivity index (χ2v) is 10.0. The molecule has 1 unspecified atom stereocenters. The molecular formula is C23H27FN4O4S. The first kappa shape index (κ1) is 24.5. The second kappa shape index (κ2) is 11.1. The van der Waals surface area contributed by atoms with Crippen molar-refractivity contribution < 1.29 is 22.4 Å². The number of nitrogens with one attached hydrogen (secondary N) is 2. The van der Waals surface area contributed by atoms with Crippen LogP contribution in [0.2, 0.25) is 0 Å². The number of Topliss-reactive ketones (excluding diaryl/α,β-unsaturated/α-hetero) is 2. The SMILES string of the molecule is CCCCC(CCCS(=O)(=O)c1ccc(F)cc1)c1cc[nH]c1CC(=O)C(=O)c1ncn[nH]1. The van der Waals surface area contributed by atoms with Crippen LogP contribution in [0, 0.1) is 5.82 Å². The van der Waals surface area contributed by atoms with Gasteiger partial charge in [-0.3, -0.25) is 14.7 Å². The molecule has 2 aromatic heterocycles. The van der Waals surface area contributed by atoms with E-state index < -0.39 is 27.2 Å². The molecule has 0 radical (unpaired) electrons. The smallest absolute Gasteiger partial charge is 0.265 e. The van der Waals surface area contributed by atoms with Crippen molar-refractivity contribution in [2.24, 2.45) is 0 Å². The first-order valence-corrected chi connectivity index (χ1v) is 12.5. The lowest BCUT2D eigenvalue weighted by molar-refractivity contribution is -0.114. The number of sulfone groups is 1. The fraction of sp³-hybridized carbons (Fsp3) is 0.391. The van der Waals surface area contributed by atoms with Gasteiger partial charge in [-0.2, -0.15) is 5.10 Å². The van der Waals surface area contributed by atoms with Crippen molar-refractivity contribution in [3.05, 3.63) is 65.8 Å². The molecule has 0 saturated carbocycles. The third-order valence-corrected chi connectivity index (χ3v) is 7.39. The maximum atomic E-state index is 13.1. The van der Waals surface area contributed by atoms with Crippen LogP contribution in [0.15, 0.2) is 47.8 Å². The van der Waals surface area contributed by atoms with Gasteiger partial charge >= 0.3 is 0 Å². The number of H-pyrrole nitrogens is 2. The number of carbonyl (C=O) groups excluding carboxylic acids is 2. The molecule has 1 aromatic carbocycles. The zero-order chi connectivity index (χ0) is 23.8. The summed E-state index contributed by atoms with van der Waals surface area (Å²) in [7, 11) is -3.52. The summed E-state index contributed by atoms with van der Waals surface area (Å²) < 4.78 is 38.3. The average Bonchev–Trinajstić information content (AvgIpc) is 3.48. The maximum Gasteiger partial charge on any atom is 0.265 e. The standard InChI is InChI=1S/C23H27FN4O4S/c1-2-3-5-16(6-4-13-33(31,32)18-9-7-17(24)8-10-18)19-11-12-25-20(19)14-21(29)22(30)23-26-15-27-28-23/h7-12,15-16,25H,2-6,13-14H2,1H3,(H,26,27,28). The molecule has 33 heavy (non-hydrogen) atoms. The van der Waals surface area contributed by atoms with Crippen LogP contribution in [0.25, 0.3) is 0 Å². The Morgan fingerprint density at radius 2 is 1.82 bits per heavy atom. The summed E-state index contributed by atoms with van der Waals surface area (Å²) in [6, 6.07) is 6.72. The number of hydrogen-bond donors (Lipinski definition) is 2. The molecular weight excluding hydrogens is 447 g/mol. The van der Waals surface area contributed by atoms with Gasteiger partial charge in [0.1, 0.15) is 12.1 Å². The zero-order valence-electron chi connectivity index (χ0n) is 18.4. The molecule has 3 rings (SSSR count). The fourth-order valence-corrected chi connectivity index (χ4v) is 5.16. The van der Waals surface area contributed by atoms with Crippen LogP contribution in [0.3, 0.4) is 0 Å². The number of nitrogens with zero attached hydrogens (tertiary/aromatic N) is 2. The molecule has 1 atom stereocenters. The van der Waals surface area contributed by atoms with Crippen molar-refractivity contribution in [2.75, 3.05) is 5.75 Å². The van der Waals surface area contributed by atoms with Crippen LogP contribution in [0.5, 0.6) is 0 Å². The molecule has 0 aliphatic rings. The molecule has 0 amide bonds. The summed E-state index contributed by atoms with van der Waals surface area (Å²) in [6.45, 7) is 2.08. The van der Waals surface area contributed by atoms with Crippen LogP contribution >= 0.6 is 0 Å². The van der Waals surface area contributed by atoms with Gasteiger partial charge in [0.05, 0.1) is 17.1 Å². The lowest BCUT2D eigenvalue weighted by atomic mass is 9.88. The van der Waals surface area contributed by atoms with Crippen molar-refractivity contribution in [3.63, 3.8) is 0 Å². The summed E-state index contributed by atoms with van der Waals surface area (Å²) >= 11 is 0.